The molecule has 4 saturated heterocycles. The average Bonchev–Trinajstić information content (AvgIpc) is 4.10. The first-order chi connectivity index (χ1) is 35.4. The molecule has 0 saturated carbocycles. The highest BCUT2D eigenvalue weighted by molar-refractivity contribution is 6.03. The first-order valence-corrected chi connectivity index (χ1v) is 25.8. The number of ether oxygens (including phenoxy) is 2. The summed E-state index contributed by atoms with van der Waals surface area (Å²) in [6.45, 7) is 13.1. The van der Waals surface area contributed by atoms with Crippen molar-refractivity contribution in [2.24, 2.45) is 5.41 Å². The van der Waals surface area contributed by atoms with Crippen molar-refractivity contribution < 1.29 is 42.9 Å². The minimum atomic E-state index is -0.947. The van der Waals surface area contributed by atoms with Gasteiger partial charge in [0.15, 0.2) is 5.82 Å². The molecule has 74 heavy (non-hydrogen) atoms. The van der Waals surface area contributed by atoms with Gasteiger partial charge in [-0.2, -0.15) is 9.97 Å². The van der Waals surface area contributed by atoms with Gasteiger partial charge in [-0.05, 0) is 87.1 Å². The molecule has 2 bridgehead atoms. The van der Waals surface area contributed by atoms with E-state index >= 15 is 8.78 Å². The molecule has 7 atom stereocenters. The molecule has 3 amide bonds. The Morgan fingerprint density at radius 3 is 2.49 bits per heavy atom. The smallest absolute Gasteiger partial charge is 0.319 e. The Morgan fingerprint density at radius 1 is 1.00 bits per heavy atom. The molecule has 5 N–H and O–H groups in total. The fraction of sp³-hybridized carbons (Fsp3) is 0.500. The molecule has 6 heterocycles. The SMILES string of the molecule is C#Cc1c(F)ccc2cc(O)cc(-c3ncc4c(N5CC6CCC(C5)N6)nc(OC[C@@H]5CCCN5CCCOCCC(=O)N[C@H](C(=O)N5C[C@H](O)C[C@H]5C(=O)N[C@@H](C)c5ccc(C)cc5)C(C)(C)C)nc4c3F)c12. The monoisotopic (exact) mass is 1020 g/mol. The lowest BCUT2D eigenvalue weighted by Crippen LogP contribution is -2.58. The maximum atomic E-state index is 17.1. The van der Waals surface area contributed by atoms with Gasteiger partial charge in [0.1, 0.15) is 47.3 Å². The zero-order valence-electron chi connectivity index (χ0n) is 42.8. The molecule has 2 unspecified atom stereocenters. The number of rotatable bonds is 17. The van der Waals surface area contributed by atoms with Crippen LogP contribution in [-0.4, -0.2) is 142 Å². The number of β-amino-alcohol motifs (C(OH)–C–C–N with tert-alkyl or cyclic N) is 1. The summed E-state index contributed by atoms with van der Waals surface area (Å²) in [5.74, 6) is 0.158. The zero-order valence-corrected chi connectivity index (χ0v) is 42.8. The number of likely N-dealkylation sites (tertiary alicyclic amines) is 2. The number of aliphatic hydroxyl groups excluding tert-OH is 1. The summed E-state index contributed by atoms with van der Waals surface area (Å²) >= 11 is 0. The molecule has 4 fully saturated rings. The Kier molecular flexibility index (Phi) is 15.7. The summed E-state index contributed by atoms with van der Waals surface area (Å²) in [5.41, 5.74) is 1.22. The molecule has 4 aliphatic heterocycles. The number of carbonyl (C=O) groups is 3. The minimum Gasteiger partial charge on any atom is -0.508 e. The van der Waals surface area contributed by atoms with E-state index in [-0.39, 0.29) is 108 Å². The Bertz CT molecular complexity index is 2930. The molecule has 9 rings (SSSR count). The fourth-order valence-electron chi connectivity index (χ4n) is 11.0. The van der Waals surface area contributed by atoms with Gasteiger partial charge in [0.25, 0.3) is 0 Å². The average molecular weight is 1020 g/mol. The Hall–Kier alpha value is -6.52. The molecular formula is C56H67F2N9O7. The third-order valence-electron chi connectivity index (χ3n) is 14.9. The maximum absolute atomic E-state index is 17.1. The van der Waals surface area contributed by atoms with Crippen molar-refractivity contribution in [3.05, 3.63) is 83.1 Å². The number of terminal acetylenes is 1. The second-order valence-corrected chi connectivity index (χ2v) is 21.5. The minimum absolute atomic E-state index is 0.0136. The van der Waals surface area contributed by atoms with E-state index in [9.17, 15) is 24.6 Å². The van der Waals surface area contributed by atoms with Crippen LogP contribution in [-0.2, 0) is 19.1 Å². The normalized spacial score (nSPS) is 21.7. The van der Waals surface area contributed by atoms with Gasteiger partial charge in [-0.15, -0.1) is 6.42 Å². The topological polar surface area (TPSA) is 195 Å². The lowest BCUT2D eigenvalue weighted by Gasteiger charge is -2.35. The third kappa shape index (κ3) is 11.4. The summed E-state index contributed by atoms with van der Waals surface area (Å²) in [6.07, 6.45) is 11.1. The van der Waals surface area contributed by atoms with Crippen LogP contribution in [0.1, 0.15) is 95.4 Å². The molecule has 18 heteroatoms. The van der Waals surface area contributed by atoms with Crippen LogP contribution < -0.4 is 25.6 Å². The van der Waals surface area contributed by atoms with Crippen LogP contribution in [0.5, 0.6) is 11.8 Å². The Morgan fingerprint density at radius 2 is 1.76 bits per heavy atom. The van der Waals surface area contributed by atoms with Gasteiger partial charge in [0.2, 0.25) is 17.7 Å². The second-order valence-electron chi connectivity index (χ2n) is 21.5. The van der Waals surface area contributed by atoms with Crippen molar-refractivity contribution in [3.63, 3.8) is 0 Å². The molecule has 16 nitrogen and oxygen atoms in total. The molecule has 2 aromatic heterocycles. The van der Waals surface area contributed by atoms with Gasteiger partial charge in [-0.1, -0.05) is 62.6 Å². The molecule has 392 valence electrons. The van der Waals surface area contributed by atoms with Crippen LogP contribution in [0.15, 0.2) is 54.7 Å². The van der Waals surface area contributed by atoms with Crippen molar-refractivity contribution in [2.45, 2.75) is 122 Å². The van der Waals surface area contributed by atoms with Crippen LogP contribution in [0.25, 0.3) is 32.9 Å². The van der Waals surface area contributed by atoms with Crippen LogP contribution in [0.3, 0.4) is 0 Å². The number of fused-ring (bicyclic) bond motifs is 4. The molecule has 0 radical (unpaired) electrons. The van der Waals surface area contributed by atoms with E-state index < -0.39 is 41.1 Å². The number of benzene rings is 3. The standard InChI is InChI=1S/C56H67F2N9O7/c1-7-41-44(57)18-15-35-24-39(68)25-42(47(35)41)49-48(58)50-43(27-59-49)52(66-28-36-16-17-37(29-66)61-36)64-55(63-50)74-31-38-10-8-20-65(38)21-9-22-73-23-19-46(70)62-51(56(4,5)6)54(72)67-30-40(69)26-45(67)53(71)60-33(3)34-13-11-32(2)12-14-34/h1,11-15,18,24-25,27,33,36-38,40,45,51,61,68-69H,8-10,16-17,19-23,26,28-31H2,2-6H3,(H,60,71)(H,62,70)/t33-,36?,37?,38-,40+,45-,51+/m0/s1. The number of hydrogen-bond donors (Lipinski definition) is 5. The lowest BCUT2D eigenvalue weighted by atomic mass is 9.85. The highest BCUT2D eigenvalue weighted by Crippen LogP contribution is 2.40. The second kappa shape index (κ2) is 22.1. The number of aromatic hydroxyl groups is 1. The summed E-state index contributed by atoms with van der Waals surface area (Å²) < 4.78 is 44.4. The quantitative estimate of drug-likeness (QED) is 0.0533. The number of carbonyl (C=O) groups excluding carboxylic acids is 3. The highest BCUT2D eigenvalue weighted by Gasteiger charge is 2.45. The number of amides is 3. The van der Waals surface area contributed by atoms with Crippen LogP contribution >= 0.6 is 0 Å². The summed E-state index contributed by atoms with van der Waals surface area (Å²) in [5, 5.41) is 31.9. The van der Waals surface area contributed by atoms with Gasteiger partial charge in [-0.3, -0.25) is 24.3 Å². The van der Waals surface area contributed by atoms with E-state index in [2.05, 4.69) is 41.6 Å². The number of aryl methyl sites for hydroxylation is 1. The number of aromatic nitrogens is 3. The van der Waals surface area contributed by atoms with Gasteiger partial charge < -0.3 is 45.4 Å². The predicted octanol–water partition coefficient (Wildman–Crippen LogP) is 6.07. The number of anilines is 1. The van der Waals surface area contributed by atoms with Crippen LogP contribution in [0.4, 0.5) is 14.6 Å². The largest absolute Gasteiger partial charge is 0.508 e. The fourth-order valence-corrected chi connectivity index (χ4v) is 11.0. The molecule has 4 aliphatic rings. The summed E-state index contributed by atoms with van der Waals surface area (Å²) in [6, 6.07) is 11.7. The number of nitrogens with one attached hydrogen (secondary N) is 3. The summed E-state index contributed by atoms with van der Waals surface area (Å²) in [7, 11) is 0. The summed E-state index contributed by atoms with van der Waals surface area (Å²) in [4.78, 5) is 60.9. The van der Waals surface area contributed by atoms with Crippen LogP contribution in [0, 0.1) is 36.3 Å². The number of aliphatic hydroxyl groups is 1. The predicted molar refractivity (Wildman–Crippen MR) is 277 cm³/mol. The van der Waals surface area contributed by atoms with Gasteiger partial charge >= 0.3 is 6.01 Å². The molecule has 0 aliphatic carbocycles. The van der Waals surface area contributed by atoms with Crippen molar-refractivity contribution in [2.75, 3.05) is 57.4 Å². The Balaban J connectivity index is 0.805. The first kappa shape index (κ1) is 52.3. The van der Waals surface area contributed by atoms with Crippen molar-refractivity contribution in [1.82, 2.24) is 40.7 Å². The molecular weight excluding hydrogens is 949 g/mol. The van der Waals surface area contributed by atoms with Crippen molar-refractivity contribution in [1.29, 1.82) is 0 Å². The molecule has 0 spiro atoms. The number of hydrogen-bond acceptors (Lipinski definition) is 13. The lowest BCUT2D eigenvalue weighted by molar-refractivity contribution is -0.144. The van der Waals surface area contributed by atoms with Crippen molar-refractivity contribution >= 4 is 45.2 Å². The first-order valence-electron chi connectivity index (χ1n) is 25.8. The zero-order chi connectivity index (χ0) is 52.4. The van der Waals surface area contributed by atoms with Crippen molar-refractivity contribution in [3.8, 4) is 35.4 Å². The maximum Gasteiger partial charge on any atom is 0.319 e. The number of halogens is 2. The van der Waals surface area contributed by atoms with E-state index in [4.69, 9.17) is 20.9 Å². The van der Waals surface area contributed by atoms with Crippen LogP contribution in [0.2, 0.25) is 0 Å². The van der Waals surface area contributed by atoms with Gasteiger partial charge in [0.05, 0.1) is 29.7 Å². The highest BCUT2D eigenvalue weighted by atomic mass is 19.1. The number of nitrogens with zero attached hydrogens (tertiary/aromatic N) is 6. The van der Waals surface area contributed by atoms with E-state index in [0.717, 1.165) is 43.4 Å². The van der Waals surface area contributed by atoms with E-state index in [0.29, 0.717) is 49.3 Å². The number of phenolic OH excluding ortho intramolecular Hbond substituents is 1. The Labute approximate surface area is 430 Å². The van der Waals surface area contributed by atoms with Gasteiger partial charge in [0, 0.05) is 80.9 Å². The number of piperazine rings is 1. The molecule has 3 aromatic carbocycles. The number of phenols is 1. The van der Waals surface area contributed by atoms with E-state index in [1.54, 1.807) is 0 Å². The number of pyridine rings is 1. The van der Waals surface area contributed by atoms with Gasteiger partial charge in [-0.25, -0.2) is 8.78 Å². The van der Waals surface area contributed by atoms with E-state index in [1.165, 1.54) is 35.4 Å². The van der Waals surface area contributed by atoms with E-state index in [1.807, 2.05) is 58.9 Å². The third-order valence-corrected chi connectivity index (χ3v) is 14.9. The molecule has 5 aromatic rings.